The number of aliphatic hydroxyl groups excluding tert-OH is 1. The monoisotopic (exact) mass is 1110 g/mol. The van der Waals surface area contributed by atoms with Crippen LogP contribution >= 0.6 is 7.82 Å². The van der Waals surface area contributed by atoms with E-state index in [2.05, 4.69) is 130 Å². The van der Waals surface area contributed by atoms with Gasteiger partial charge in [-0.15, -0.1) is 0 Å². The van der Waals surface area contributed by atoms with Crippen LogP contribution in [0, 0.1) is 0 Å². The number of allylic oxidation sites excluding steroid dienone is 20. The normalized spacial score (nSPS) is 14.2. The van der Waals surface area contributed by atoms with E-state index in [1.165, 1.54) is 51.4 Å². The Balaban J connectivity index is 4.87. The number of ether oxygens (including phenoxy) is 3. The number of aliphatic hydroxyl groups is 1. The molecule has 0 heterocycles. The number of hydrogen-bond donors (Lipinski definition) is 2. The summed E-state index contributed by atoms with van der Waals surface area (Å²) in [4.78, 5) is 48.6. The van der Waals surface area contributed by atoms with E-state index in [1.807, 2.05) is 12.2 Å². The van der Waals surface area contributed by atoms with Gasteiger partial charge in [0.1, 0.15) is 12.7 Å². The van der Waals surface area contributed by atoms with Gasteiger partial charge in [-0.1, -0.05) is 219 Å². The second-order valence-electron chi connectivity index (χ2n) is 19.8. The summed E-state index contributed by atoms with van der Waals surface area (Å²) in [7, 11) is -4.78. The van der Waals surface area contributed by atoms with E-state index in [9.17, 15) is 28.9 Å². The number of phosphoric ester groups is 1. The lowest BCUT2D eigenvalue weighted by molar-refractivity contribution is -0.161. The zero-order valence-electron chi connectivity index (χ0n) is 49.1. The maximum atomic E-state index is 12.9. The van der Waals surface area contributed by atoms with Crippen molar-refractivity contribution in [2.75, 3.05) is 26.4 Å². The van der Waals surface area contributed by atoms with Gasteiger partial charge in [0.05, 0.1) is 19.8 Å². The van der Waals surface area contributed by atoms with Crippen molar-refractivity contribution in [3.05, 3.63) is 122 Å². The van der Waals surface area contributed by atoms with Crippen LogP contribution in [0.5, 0.6) is 0 Å². The topological polar surface area (TPSA) is 155 Å². The minimum absolute atomic E-state index is 0.0920. The third-order valence-electron chi connectivity index (χ3n) is 12.4. The van der Waals surface area contributed by atoms with Crippen LogP contribution in [0.4, 0.5) is 0 Å². The molecule has 78 heavy (non-hydrogen) atoms. The second kappa shape index (κ2) is 59.0. The van der Waals surface area contributed by atoms with Gasteiger partial charge in [-0.2, -0.15) is 0 Å². The van der Waals surface area contributed by atoms with Gasteiger partial charge in [0.2, 0.25) is 0 Å². The molecule has 0 aromatic rings. The van der Waals surface area contributed by atoms with Gasteiger partial charge in [-0.05, 0) is 122 Å². The van der Waals surface area contributed by atoms with Crippen molar-refractivity contribution in [3.8, 4) is 0 Å². The summed E-state index contributed by atoms with van der Waals surface area (Å²) in [5.41, 5.74) is 0. The first-order chi connectivity index (χ1) is 38.2. The average molecular weight is 1110 g/mol. The van der Waals surface area contributed by atoms with Crippen LogP contribution < -0.4 is 0 Å². The highest BCUT2D eigenvalue weighted by molar-refractivity contribution is 7.47. The van der Waals surface area contributed by atoms with Crippen LogP contribution in [0.25, 0.3) is 0 Å². The first-order valence-electron chi connectivity index (χ1n) is 30.4. The molecule has 0 aromatic heterocycles. The Bertz CT molecular complexity index is 1770. The molecule has 3 atom stereocenters. The Kier molecular flexibility index (Phi) is 55.9. The van der Waals surface area contributed by atoms with E-state index in [-0.39, 0.29) is 25.9 Å². The molecule has 12 heteroatoms. The maximum Gasteiger partial charge on any atom is 0.472 e. The molecule has 0 bridgehead atoms. The van der Waals surface area contributed by atoms with Crippen molar-refractivity contribution in [3.63, 3.8) is 0 Å². The highest BCUT2D eigenvalue weighted by Gasteiger charge is 2.28. The first-order valence-corrected chi connectivity index (χ1v) is 31.9. The molecular formula is C66H109O11P. The highest BCUT2D eigenvalue weighted by atomic mass is 31.2. The van der Waals surface area contributed by atoms with Crippen LogP contribution in [0.15, 0.2) is 122 Å². The summed E-state index contributed by atoms with van der Waals surface area (Å²) in [6.07, 6.45) is 73.1. The molecule has 11 nitrogen and oxygen atoms in total. The molecule has 0 saturated heterocycles. The summed E-state index contributed by atoms with van der Waals surface area (Å²) < 4.78 is 39.5. The Hall–Kier alpha value is -4.12. The fourth-order valence-electron chi connectivity index (χ4n) is 7.74. The van der Waals surface area contributed by atoms with E-state index >= 15 is 0 Å². The summed E-state index contributed by atoms with van der Waals surface area (Å²) >= 11 is 0. The standard InChI is InChI=1S/C66H109O11P/c1-4-7-10-13-16-19-22-25-27-29-31-33-35-38-40-43-46-49-52-55-64(68)73-59-63(77-66(70)57-54-51-48-45-42-39-36-34-32-30-28-26-23-20-17-14-11-8-5-2)61-75-78(71,72)74-60-62(58-67)76-65(69)56-53-50-47-44-41-37-24-21-18-15-12-9-6-3/h7,10,16-17,19-21,24-28,31-34,38,40,46,49,62-63,67H,4-6,8-9,11-15,18,22-23,29-30,35-37,39,41-45,47-48,50-61H2,1-3H3,(H,71,72)/b10-7-,19-16-,20-17-,24-21-,27-25-,28-26-,33-31-,34-32-,40-38-,49-46-. The molecule has 0 spiro atoms. The predicted octanol–water partition coefficient (Wildman–Crippen LogP) is 18.4. The highest BCUT2D eigenvalue weighted by Crippen LogP contribution is 2.43. The molecule has 444 valence electrons. The Morgan fingerprint density at radius 2 is 0.692 bits per heavy atom. The average Bonchev–Trinajstić information content (AvgIpc) is 3.43. The zero-order chi connectivity index (χ0) is 56.9. The van der Waals surface area contributed by atoms with Gasteiger partial charge < -0.3 is 24.2 Å². The first kappa shape index (κ1) is 73.9. The molecule has 2 N–H and O–H groups in total. The predicted molar refractivity (Wildman–Crippen MR) is 325 cm³/mol. The van der Waals surface area contributed by atoms with Gasteiger partial charge in [-0.3, -0.25) is 23.4 Å². The molecule has 0 saturated carbocycles. The minimum Gasteiger partial charge on any atom is -0.462 e. The van der Waals surface area contributed by atoms with Crippen LogP contribution in [-0.4, -0.2) is 66.5 Å². The van der Waals surface area contributed by atoms with E-state index in [4.69, 9.17) is 23.3 Å². The largest absolute Gasteiger partial charge is 0.472 e. The maximum absolute atomic E-state index is 12.9. The zero-order valence-corrected chi connectivity index (χ0v) is 50.0. The summed E-state index contributed by atoms with van der Waals surface area (Å²) in [5.74, 6) is -1.60. The molecule has 0 aromatic carbocycles. The minimum atomic E-state index is -4.78. The van der Waals surface area contributed by atoms with Crippen molar-refractivity contribution in [1.82, 2.24) is 0 Å². The van der Waals surface area contributed by atoms with Crippen LogP contribution in [0.3, 0.4) is 0 Å². The van der Waals surface area contributed by atoms with Crippen molar-refractivity contribution in [2.24, 2.45) is 0 Å². The van der Waals surface area contributed by atoms with E-state index in [0.29, 0.717) is 19.3 Å². The van der Waals surface area contributed by atoms with Crippen LogP contribution in [0.2, 0.25) is 0 Å². The van der Waals surface area contributed by atoms with E-state index < -0.39 is 57.8 Å². The van der Waals surface area contributed by atoms with E-state index in [1.54, 1.807) is 0 Å². The number of phosphoric acid groups is 1. The number of carbonyl (C=O) groups is 3. The molecule has 0 fully saturated rings. The van der Waals surface area contributed by atoms with E-state index in [0.717, 1.165) is 128 Å². The molecular weight excluding hydrogens is 1000 g/mol. The quantitative estimate of drug-likeness (QED) is 0.0197. The van der Waals surface area contributed by atoms with Gasteiger partial charge in [0.25, 0.3) is 0 Å². The molecule has 0 rings (SSSR count). The lowest BCUT2D eigenvalue weighted by Crippen LogP contribution is -2.30. The third kappa shape index (κ3) is 56.6. The van der Waals surface area contributed by atoms with Gasteiger partial charge in [0, 0.05) is 19.3 Å². The second-order valence-corrected chi connectivity index (χ2v) is 21.2. The molecule has 0 amide bonds. The van der Waals surface area contributed by atoms with Gasteiger partial charge >= 0.3 is 25.7 Å². The van der Waals surface area contributed by atoms with Crippen molar-refractivity contribution in [2.45, 2.75) is 251 Å². The number of rotatable bonds is 55. The third-order valence-corrected chi connectivity index (χ3v) is 13.3. The number of unbranched alkanes of at least 4 members (excludes halogenated alkanes) is 18. The van der Waals surface area contributed by atoms with Crippen molar-refractivity contribution >= 4 is 25.7 Å². The van der Waals surface area contributed by atoms with Crippen LogP contribution in [0.1, 0.15) is 239 Å². The smallest absolute Gasteiger partial charge is 0.462 e. The van der Waals surface area contributed by atoms with Gasteiger partial charge in [-0.25, -0.2) is 4.57 Å². The molecule has 3 unspecified atom stereocenters. The molecule has 0 aliphatic rings. The lowest BCUT2D eigenvalue weighted by Gasteiger charge is -2.21. The summed E-state index contributed by atoms with van der Waals surface area (Å²) in [6, 6.07) is 0. The van der Waals surface area contributed by atoms with Crippen LogP contribution in [-0.2, 0) is 42.2 Å². The number of esters is 3. The van der Waals surface area contributed by atoms with Crippen molar-refractivity contribution in [1.29, 1.82) is 0 Å². The number of hydrogen-bond acceptors (Lipinski definition) is 10. The fraction of sp³-hybridized carbons (Fsp3) is 0.652. The van der Waals surface area contributed by atoms with Crippen molar-refractivity contribution < 1.29 is 52.2 Å². The van der Waals surface area contributed by atoms with Gasteiger partial charge in [0.15, 0.2) is 6.10 Å². The summed E-state index contributed by atoms with van der Waals surface area (Å²) in [5, 5.41) is 9.82. The fourth-order valence-corrected chi connectivity index (χ4v) is 8.52. The summed E-state index contributed by atoms with van der Waals surface area (Å²) in [6.45, 7) is 4.38. The Morgan fingerprint density at radius 3 is 1.12 bits per heavy atom. The SMILES string of the molecule is CC/C=C\C/C=C\C/C=C\C/C=C\C/C=C\C/C=C\CCC(=O)OCC(COP(=O)(O)OCC(CO)OC(=O)CCCCCCC/C=C\CCCCCC)OC(=O)CCCCCCCC/C=C\C/C=C\C/C=C\CCCCC. The lowest BCUT2D eigenvalue weighted by atomic mass is 10.1. The molecule has 0 radical (unpaired) electrons. The molecule has 0 aliphatic heterocycles. The Labute approximate surface area is 475 Å². The number of carbonyl (C=O) groups excluding carboxylic acids is 3. The molecule has 0 aliphatic carbocycles. The Morgan fingerprint density at radius 1 is 0.372 bits per heavy atom.